The van der Waals surface area contributed by atoms with Crippen molar-refractivity contribution in [3.05, 3.63) is 77.2 Å². The molecule has 29 heavy (non-hydrogen) atoms. The number of pyridine rings is 1. The summed E-state index contributed by atoms with van der Waals surface area (Å²) in [5, 5.41) is 6.99. The molecule has 0 saturated carbocycles. The van der Waals surface area contributed by atoms with Crippen molar-refractivity contribution in [2.45, 2.75) is 13.5 Å². The van der Waals surface area contributed by atoms with E-state index >= 15 is 0 Å². The number of ether oxygens (including phenoxy) is 2. The summed E-state index contributed by atoms with van der Waals surface area (Å²) in [5.41, 5.74) is 2.76. The fraction of sp³-hybridized carbons (Fsp3) is 0.143. The average molecular weight is 406 g/mol. The van der Waals surface area contributed by atoms with Crippen molar-refractivity contribution in [1.82, 2.24) is 19.7 Å². The van der Waals surface area contributed by atoms with Crippen LogP contribution in [0.5, 0.6) is 5.75 Å². The Kier molecular flexibility index (Phi) is 5.35. The van der Waals surface area contributed by atoms with Crippen LogP contribution in [0.1, 0.15) is 21.7 Å². The first kappa shape index (κ1) is 18.8. The van der Waals surface area contributed by atoms with Crippen LogP contribution in [0.4, 0.5) is 0 Å². The molecule has 0 aliphatic rings. The highest BCUT2D eigenvalue weighted by Gasteiger charge is 2.17. The summed E-state index contributed by atoms with van der Waals surface area (Å²) in [6.45, 7) is 1.91. The minimum absolute atomic E-state index is 0.0969. The maximum absolute atomic E-state index is 12.5. The Hall–Kier alpha value is -3.52. The molecule has 0 saturated heterocycles. The molecule has 0 aliphatic heterocycles. The van der Waals surface area contributed by atoms with Crippen LogP contribution in [-0.2, 0) is 11.3 Å². The van der Waals surface area contributed by atoms with E-state index in [2.05, 4.69) is 15.1 Å². The van der Waals surface area contributed by atoms with E-state index in [1.165, 1.54) is 17.5 Å². The van der Waals surface area contributed by atoms with E-state index in [1.54, 1.807) is 18.0 Å². The van der Waals surface area contributed by atoms with Crippen LogP contribution in [0.25, 0.3) is 16.4 Å². The smallest absolute Gasteiger partial charge is 0.342 e. The molecule has 0 amide bonds. The van der Waals surface area contributed by atoms with Gasteiger partial charge in [0.15, 0.2) is 5.82 Å². The summed E-state index contributed by atoms with van der Waals surface area (Å²) in [6.07, 6.45) is 3.17. The lowest BCUT2D eigenvalue weighted by Crippen LogP contribution is -2.08. The number of esters is 1. The second-order valence-electron chi connectivity index (χ2n) is 6.19. The van der Waals surface area contributed by atoms with Gasteiger partial charge in [-0.25, -0.2) is 19.4 Å². The molecule has 0 atom stereocenters. The Balaban J connectivity index is 1.43. The van der Waals surface area contributed by atoms with Crippen LogP contribution in [0, 0.1) is 6.92 Å². The zero-order valence-corrected chi connectivity index (χ0v) is 16.7. The van der Waals surface area contributed by atoms with Crippen LogP contribution in [0.3, 0.4) is 0 Å². The molecule has 4 rings (SSSR count). The highest BCUT2D eigenvalue weighted by Crippen LogP contribution is 2.26. The van der Waals surface area contributed by atoms with Crippen molar-refractivity contribution in [3.8, 4) is 22.1 Å². The van der Waals surface area contributed by atoms with Gasteiger partial charge in [0, 0.05) is 17.1 Å². The van der Waals surface area contributed by atoms with Gasteiger partial charge in [0.1, 0.15) is 22.9 Å². The van der Waals surface area contributed by atoms with E-state index in [4.69, 9.17) is 9.47 Å². The zero-order chi connectivity index (χ0) is 20.2. The van der Waals surface area contributed by atoms with E-state index in [9.17, 15) is 4.79 Å². The van der Waals surface area contributed by atoms with E-state index in [0.29, 0.717) is 22.8 Å². The maximum atomic E-state index is 12.5. The van der Waals surface area contributed by atoms with Crippen molar-refractivity contribution < 1.29 is 14.3 Å². The molecule has 7 nitrogen and oxygen atoms in total. The highest BCUT2D eigenvalue weighted by molar-refractivity contribution is 7.13. The topological polar surface area (TPSA) is 79.1 Å². The van der Waals surface area contributed by atoms with Crippen LogP contribution in [0.15, 0.2) is 60.2 Å². The van der Waals surface area contributed by atoms with Gasteiger partial charge < -0.3 is 9.47 Å². The van der Waals surface area contributed by atoms with Crippen molar-refractivity contribution >= 4 is 17.3 Å². The Morgan fingerprint density at radius 1 is 1.17 bits per heavy atom. The van der Waals surface area contributed by atoms with Gasteiger partial charge in [0.05, 0.1) is 24.7 Å². The molecule has 0 unspecified atom stereocenters. The quantitative estimate of drug-likeness (QED) is 0.449. The van der Waals surface area contributed by atoms with Crippen molar-refractivity contribution in [2.24, 2.45) is 0 Å². The Bertz CT molecular complexity index is 1120. The van der Waals surface area contributed by atoms with Gasteiger partial charge in [-0.05, 0) is 43.3 Å². The molecule has 0 N–H and O–H groups in total. The molecule has 0 radical (unpaired) electrons. The standard InChI is InChI=1S/C21H18N4O3S/c1-14-18(11-23-25(14)19-5-3-4-10-22-19)21(26)28-12-16-13-29-20(24-16)15-6-8-17(27-2)9-7-15/h3-11,13H,12H2,1-2H3. The summed E-state index contributed by atoms with van der Waals surface area (Å²) >= 11 is 1.50. The number of benzene rings is 1. The van der Waals surface area contributed by atoms with Gasteiger partial charge in [-0.3, -0.25) is 0 Å². The van der Waals surface area contributed by atoms with Gasteiger partial charge >= 0.3 is 5.97 Å². The van der Waals surface area contributed by atoms with E-state index in [0.717, 1.165) is 16.3 Å². The minimum Gasteiger partial charge on any atom is -0.497 e. The molecule has 0 fully saturated rings. The lowest BCUT2D eigenvalue weighted by Gasteiger charge is -2.04. The Morgan fingerprint density at radius 3 is 2.72 bits per heavy atom. The fourth-order valence-corrected chi connectivity index (χ4v) is 3.59. The van der Waals surface area contributed by atoms with Gasteiger partial charge in [0.2, 0.25) is 0 Å². The molecule has 0 spiro atoms. The minimum atomic E-state index is -0.441. The number of carbonyl (C=O) groups is 1. The molecule has 1 aromatic carbocycles. The highest BCUT2D eigenvalue weighted by atomic mass is 32.1. The van der Waals surface area contributed by atoms with Crippen LogP contribution in [-0.4, -0.2) is 32.8 Å². The zero-order valence-electron chi connectivity index (χ0n) is 15.9. The SMILES string of the molecule is COc1ccc(-c2nc(COC(=O)c3cnn(-c4ccccn4)c3C)cs2)cc1. The maximum Gasteiger partial charge on any atom is 0.342 e. The van der Waals surface area contributed by atoms with Gasteiger partial charge in [-0.2, -0.15) is 5.10 Å². The molecule has 3 aromatic heterocycles. The first-order valence-corrected chi connectivity index (χ1v) is 9.75. The molecular weight excluding hydrogens is 388 g/mol. The van der Waals surface area contributed by atoms with E-state index in [1.807, 2.05) is 54.8 Å². The van der Waals surface area contributed by atoms with Crippen LogP contribution in [0.2, 0.25) is 0 Å². The monoisotopic (exact) mass is 406 g/mol. The number of carbonyl (C=O) groups excluding carboxylic acids is 1. The molecule has 4 aromatic rings. The van der Waals surface area contributed by atoms with Crippen molar-refractivity contribution in [1.29, 1.82) is 0 Å². The summed E-state index contributed by atoms with van der Waals surface area (Å²) in [7, 11) is 1.63. The number of nitrogens with zero attached hydrogens (tertiary/aromatic N) is 4. The largest absolute Gasteiger partial charge is 0.497 e. The molecule has 8 heteroatoms. The number of rotatable bonds is 6. The van der Waals surface area contributed by atoms with Gasteiger partial charge in [-0.1, -0.05) is 6.07 Å². The predicted molar refractivity (Wildman–Crippen MR) is 109 cm³/mol. The predicted octanol–water partition coefficient (Wildman–Crippen LogP) is 4.06. The second kappa shape index (κ2) is 8.24. The number of aromatic nitrogens is 4. The molecular formula is C21H18N4O3S. The Morgan fingerprint density at radius 2 is 2.00 bits per heavy atom. The lowest BCUT2D eigenvalue weighted by molar-refractivity contribution is 0.0467. The molecule has 0 aliphatic carbocycles. The van der Waals surface area contributed by atoms with E-state index in [-0.39, 0.29) is 6.61 Å². The summed E-state index contributed by atoms with van der Waals surface area (Å²) < 4.78 is 12.2. The lowest BCUT2D eigenvalue weighted by atomic mass is 10.2. The van der Waals surface area contributed by atoms with Crippen molar-refractivity contribution in [3.63, 3.8) is 0 Å². The molecule has 0 bridgehead atoms. The summed E-state index contributed by atoms with van der Waals surface area (Å²) in [5.74, 6) is 0.998. The third-order valence-electron chi connectivity index (χ3n) is 4.34. The first-order chi connectivity index (χ1) is 14.2. The van der Waals surface area contributed by atoms with E-state index < -0.39 is 5.97 Å². The molecule has 146 valence electrons. The number of hydrogen-bond donors (Lipinski definition) is 0. The normalized spacial score (nSPS) is 10.7. The number of hydrogen-bond acceptors (Lipinski definition) is 7. The van der Waals surface area contributed by atoms with Gasteiger partial charge in [-0.15, -0.1) is 11.3 Å². The van der Waals surface area contributed by atoms with Crippen LogP contribution >= 0.6 is 11.3 Å². The number of methoxy groups -OCH3 is 1. The average Bonchev–Trinajstić information content (AvgIpc) is 3.39. The van der Waals surface area contributed by atoms with Gasteiger partial charge in [0.25, 0.3) is 0 Å². The van der Waals surface area contributed by atoms with Crippen molar-refractivity contribution in [2.75, 3.05) is 7.11 Å². The third-order valence-corrected chi connectivity index (χ3v) is 5.28. The first-order valence-electron chi connectivity index (χ1n) is 8.87. The van der Waals surface area contributed by atoms with Crippen LogP contribution < -0.4 is 4.74 Å². The molecule has 3 heterocycles. The fourth-order valence-electron chi connectivity index (χ4n) is 2.78. The Labute approximate surface area is 171 Å². The summed E-state index contributed by atoms with van der Waals surface area (Å²) in [6, 6.07) is 13.2. The third kappa shape index (κ3) is 4.02. The summed E-state index contributed by atoms with van der Waals surface area (Å²) in [4.78, 5) is 21.3. The number of thiazole rings is 1. The second-order valence-corrected chi connectivity index (χ2v) is 7.05.